The summed E-state index contributed by atoms with van der Waals surface area (Å²) in [6.45, 7) is 28.5. The zero-order valence-corrected chi connectivity index (χ0v) is 23.8. The highest BCUT2D eigenvalue weighted by Gasteiger charge is 2.31. The molecule has 0 saturated heterocycles. The van der Waals surface area contributed by atoms with Crippen molar-refractivity contribution in [2.75, 3.05) is 0 Å². The normalized spacial score (nSPS) is 15.5. The molecule has 0 aliphatic heterocycles. The first-order chi connectivity index (χ1) is 13.9. The molecule has 0 aliphatic rings. The van der Waals surface area contributed by atoms with Gasteiger partial charge in [-0.05, 0) is 47.3 Å². The molecule has 0 aromatic heterocycles. The molecule has 0 aromatic carbocycles. The molecule has 0 amide bonds. The van der Waals surface area contributed by atoms with E-state index in [4.69, 9.17) is 0 Å². The van der Waals surface area contributed by atoms with Gasteiger partial charge in [0.1, 0.15) is 0 Å². The van der Waals surface area contributed by atoms with Gasteiger partial charge in [-0.15, -0.1) is 0 Å². The lowest BCUT2D eigenvalue weighted by molar-refractivity contribution is 0.115. The van der Waals surface area contributed by atoms with Crippen molar-refractivity contribution in [1.29, 1.82) is 0 Å². The van der Waals surface area contributed by atoms with Crippen LogP contribution in [0.25, 0.3) is 0 Å². The maximum Gasteiger partial charge on any atom is -0.0323 e. The van der Waals surface area contributed by atoms with Gasteiger partial charge >= 0.3 is 0 Å². The van der Waals surface area contributed by atoms with Crippen molar-refractivity contribution in [3.8, 4) is 0 Å². The summed E-state index contributed by atoms with van der Waals surface area (Å²) < 4.78 is 0. The van der Waals surface area contributed by atoms with Crippen LogP contribution in [0.1, 0.15) is 160 Å². The van der Waals surface area contributed by atoms with Crippen LogP contribution in [0.5, 0.6) is 0 Å². The zero-order chi connectivity index (χ0) is 23.8. The van der Waals surface area contributed by atoms with Crippen molar-refractivity contribution in [1.82, 2.24) is 0 Å². The summed E-state index contributed by atoms with van der Waals surface area (Å²) in [4.78, 5) is 0. The quantitative estimate of drug-likeness (QED) is 0.231. The molecule has 30 heavy (non-hydrogen) atoms. The Morgan fingerprint density at radius 3 is 1.47 bits per heavy atom. The zero-order valence-electron chi connectivity index (χ0n) is 23.8. The molecule has 0 bridgehead atoms. The summed E-state index contributed by atoms with van der Waals surface area (Å²) in [5.41, 5.74) is 1.10. The van der Waals surface area contributed by atoms with E-state index in [0.717, 1.165) is 23.7 Å². The second-order valence-electron chi connectivity index (χ2n) is 12.3. The van der Waals surface area contributed by atoms with Gasteiger partial charge in [-0.1, -0.05) is 147 Å². The monoisotopic (exact) mass is 425 g/mol. The topological polar surface area (TPSA) is 0 Å². The predicted octanol–water partition coefficient (Wildman–Crippen LogP) is 11.3. The van der Waals surface area contributed by atoms with E-state index in [0.29, 0.717) is 10.8 Å². The molecule has 3 atom stereocenters. The van der Waals surface area contributed by atoms with Crippen molar-refractivity contribution in [2.24, 2.45) is 34.5 Å². The Bertz CT molecular complexity index is 356. The summed E-state index contributed by atoms with van der Waals surface area (Å²) >= 11 is 0. The Kier molecular flexibility index (Phi) is 18.8. The largest absolute Gasteiger partial charge is 0.0654 e. The van der Waals surface area contributed by atoms with Gasteiger partial charge in [-0.3, -0.25) is 0 Å². The molecule has 0 saturated carbocycles. The second-order valence-corrected chi connectivity index (χ2v) is 12.3. The van der Waals surface area contributed by atoms with Crippen LogP contribution in [0, 0.1) is 34.5 Å². The molecule has 0 aromatic rings. The minimum atomic E-state index is 0.521. The van der Waals surface area contributed by atoms with Gasteiger partial charge in [0, 0.05) is 0 Å². The molecule has 0 radical (unpaired) electrons. The number of hydrogen-bond acceptors (Lipinski definition) is 0. The van der Waals surface area contributed by atoms with Crippen LogP contribution in [0.2, 0.25) is 0 Å². The van der Waals surface area contributed by atoms with Crippen molar-refractivity contribution < 1.29 is 0 Å². The van der Waals surface area contributed by atoms with E-state index < -0.39 is 0 Å². The minimum absolute atomic E-state index is 0.521. The molecule has 184 valence electrons. The van der Waals surface area contributed by atoms with E-state index in [2.05, 4.69) is 83.1 Å². The predicted molar refractivity (Wildman–Crippen MR) is 142 cm³/mol. The van der Waals surface area contributed by atoms with Crippen molar-refractivity contribution >= 4 is 0 Å². The lowest BCUT2D eigenvalue weighted by Crippen LogP contribution is -2.29. The van der Waals surface area contributed by atoms with Crippen LogP contribution in [-0.4, -0.2) is 0 Å². The molecule has 0 aliphatic carbocycles. The van der Waals surface area contributed by atoms with E-state index in [-0.39, 0.29) is 0 Å². The van der Waals surface area contributed by atoms with Crippen LogP contribution in [0.4, 0.5) is 0 Å². The Labute approximate surface area is 194 Å². The molecule has 0 heterocycles. The lowest BCUT2D eigenvalue weighted by Gasteiger charge is -2.39. The lowest BCUT2D eigenvalue weighted by atomic mass is 9.67. The fourth-order valence-electron chi connectivity index (χ4n) is 4.84. The summed E-state index contributed by atoms with van der Waals surface area (Å²) in [6.07, 6.45) is 16.6. The molecule has 0 N–H and O–H groups in total. The fourth-order valence-corrected chi connectivity index (χ4v) is 4.84. The summed E-state index contributed by atoms with van der Waals surface area (Å²) in [5.74, 6) is 3.59. The first-order valence-electron chi connectivity index (χ1n) is 13.9. The maximum absolute atomic E-state index is 2.53. The maximum atomic E-state index is 2.53. The SMILES string of the molecule is CCC(C)(C)CC.CCCC(C(C)CCCC(C)CCCC(C)C)C(C)(C)CCC. The summed E-state index contributed by atoms with van der Waals surface area (Å²) in [5, 5.41) is 0. The third-order valence-corrected chi connectivity index (χ3v) is 7.93. The molecule has 0 rings (SSSR count). The van der Waals surface area contributed by atoms with Gasteiger partial charge in [0.2, 0.25) is 0 Å². The van der Waals surface area contributed by atoms with Gasteiger partial charge in [0.05, 0.1) is 0 Å². The van der Waals surface area contributed by atoms with Crippen LogP contribution in [-0.2, 0) is 0 Å². The van der Waals surface area contributed by atoms with Crippen molar-refractivity contribution in [3.05, 3.63) is 0 Å². The first kappa shape index (κ1) is 32.2. The van der Waals surface area contributed by atoms with Crippen LogP contribution in [0.3, 0.4) is 0 Å². The van der Waals surface area contributed by atoms with E-state index in [1.807, 2.05) is 0 Å². The number of rotatable bonds is 16. The van der Waals surface area contributed by atoms with Crippen LogP contribution < -0.4 is 0 Å². The second kappa shape index (κ2) is 17.5. The third kappa shape index (κ3) is 16.7. The van der Waals surface area contributed by atoms with Crippen LogP contribution in [0.15, 0.2) is 0 Å². The number of hydrogen-bond donors (Lipinski definition) is 0. The fraction of sp³-hybridized carbons (Fsp3) is 1.00. The van der Waals surface area contributed by atoms with Crippen LogP contribution >= 0.6 is 0 Å². The molecular formula is C30H64. The van der Waals surface area contributed by atoms with E-state index in [1.165, 1.54) is 77.0 Å². The first-order valence-corrected chi connectivity index (χ1v) is 13.9. The van der Waals surface area contributed by atoms with Gasteiger partial charge < -0.3 is 0 Å². The average molecular weight is 425 g/mol. The van der Waals surface area contributed by atoms with Crippen molar-refractivity contribution in [3.63, 3.8) is 0 Å². The highest BCUT2D eigenvalue weighted by atomic mass is 14.4. The van der Waals surface area contributed by atoms with E-state index in [9.17, 15) is 0 Å². The average Bonchev–Trinajstić information content (AvgIpc) is 2.66. The van der Waals surface area contributed by atoms with Gasteiger partial charge in [-0.25, -0.2) is 0 Å². The van der Waals surface area contributed by atoms with Gasteiger partial charge in [-0.2, -0.15) is 0 Å². The standard InChI is InChI=1S/C23H48.C7H16/c1-9-13-22(23(7,8)18-10-2)21(6)17-12-16-20(5)15-11-14-19(3)4;1-5-7(3,4)6-2/h19-22H,9-18H2,1-8H3;5-6H2,1-4H3. The Morgan fingerprint density at radius 2 is 1.10 bits per heavy atom. The molecule has 0 nitrogen and oxygen atoms in total. The third-order valence-electron chi connectivity index (χ3n) is 7.93. The Hall–Kier alpha value is 0. The molecule has 0 spiro atoms. The summed E-state index contributed by atoms with van der Waals surface area (Å²) in [6, 6.07) is 0. The smallest absolute Gasteiger partial charge is 0.0323 e. The van der Waals surface area contributed by atoms with Crippen molar-refractivity contribution in [2.45, 2.75) is 160 Å². The van der Waals surface area contributed by atoms with E-state index in [1.54, 1.807) is 0 Å². The molecule has 0 fully saturated rings. The minimum Gasteiger partial charge on any atom is -0.0654 e. The van der Waals surface area contributed by atoms with Gasteiger partial charge in [0.15, 0.2) is 0 Å². The molecule has 0 heteroatoms. The highest BCUT2D eigenvalue weighted by molar-refractivity contribution is 4.81. The Balaban J connectivity index is 0. The van der Waals surface area contributed by atoms with E-state index >= 15 is 0 Å². The van der Waals surface area contributed by atoms with Gasteiger partial charge in [0.25, 0.3) is 0 Å². The summed E-state index contributed by atoms with van der Waals surface area (Å²) in [7, 11) is 0. The molecular weight excluding hydrogens is 360 g/mol. The molecule has 3 unspecified atom stereocenters. The Morgan fingerprint density at radius 1 is 0.600 bits per heavy atom. The highest BCUT2D eigenvalue weighted by Crippen LogP contribution is 2.41.